The number of imidazole rings is 1. The van der Waals surface area contributed by atoms with Crippen molar-refractivity contribution in [3.05, 3.63) is 95.8 Å². The molecule has 0 unspecified atom stereocenters. The fraction of sp³-hybridized carbons (Fsp3) is 0.200. The van der Waals surface area contributed by atoms with Crippen molar-refractivity contribution in [2.24, 2.45) is 0 Å². The Hall–Kier alpha value is -3.49. The van der Waals surface area contributed by atoms with E-state index >= 15 is 0 Å². The lowest BCUT2D eigenvalue weighted by molar-refractivity contribution is 0.0951. The van der Waals surface area contributed by atoms with Gasteiger partial charge in [-0.25, -0.2) is 18.1 Å². The van der Waals surface area contributed by atoms with E-state index in [1.54, 1.807) is 44.4 Å². The Morgan fingerprint density at radius 2 is 1.61 bits per heavy atom. The number of para-hydroxylation sites is 2. The number of nitrogens with zero attached hydrogens (tertiary/aromatic N) is 2. The maximum Gasteiger partial charge on any atom is 0.251 e. The van der Waals surface area contributed by atoms with E-state index in [0.29, 0.717) is 11.1 Å². The molecule has 0 spiro atoms. The van der Waals surface area contributed by atoms with E-state index in [2.05, 4.69) is 15.0 Å². The van der Waals surface area contributed by atoms with Crippen LogP contribution in [0.3, 0.4) is 0 Å². The summed E-state index contributed by atoms with van der Waals surface area (Å²) in [6.45, 7) is 3.80. The molecule has 0 radical (unpaired) electrons. The smallest absolute Gasteiger partial charge is 0.251 e. The highest BCUT2D eigenvalue weighted by Gasteiger charge is 2.16. The normalized spacial score (nSPS) is 11.7. The van der Waals surface area contributed by atoms with Gasteiger partial charge in [-0.1, -0.05) is 36.4 Å². The average molecular weight is 463 g/mol. The molecule has 0 bridgehead atoms. The van der Waals surface area contributed by atoms with Crippen molar-refractivity contribution < 1.29 is 13.2 Å². The summed E-state index contributed by atoms with van der Waals surface area (Å²) in [5, 5.41) is 2.89. The summed E-state index contributed by atoms with van der Waals surface area (Å²) in [6.07, 6.45) is 1.76. The summed E-state index contributed by atoms with van der Waals surface area (Å²) < 4.78 is 29.2. The molecule has 0 saturated carbocycles. The monoisotopic (exact) mass is 462 g/mol. The molecule has 0 saturated heterocycles. The molecule has 0 atom stereocenters. The molecule has 1 amide bonds. The summed E-state index contributed by atoms with van der Waals surface area (Å²) in [5.41, 5.74) is 4.76. The molecule has 33 heavy (non-hydrogen) atoms. The van der Waals surface area contributed by atoms with Gasteiger partial charge in [-0.05, 0) is 61.4 Å². The quantitative estimate of drug-likeness (QED) is 0.417. The van der Waals surface area contributed by atoms with Gasteiger partial charge in [-0.15, -0.1) is 0 Å². The summed E-state index contributed by atoms with van der Waals surface area (Å²) in [5.74, 6) is -0.361. The number of rotatable bonds is 8. The number of amides is 1. The molecule has 0 fully saturated rings. The van der Waals surface area contributed by atoms with Crippen molar-refractivity contribution >= 4 is 27.0 Å². The molecule has 4 rings (SSSR count). The highest BCUT2D eigenvalue weighted by molar-refractivity contribution is 7.88. The van der Waals surface area contributed by atoms with Gasteiger partial charge in [0.2, 0.25) is 10.0 Å². The van der Waals surface area contributed by atoms with E-state index in [4.69, 9.17) is 0 Å². The maximum atomic E-state index is 12.7. The summed E-state index contributed by atoms with van der Waals surface area (Å²) in [6, 6.07) is 22.2. The Morgan fingerprint density at radius 1 is 0.939 bits per heavy atom. The van der Waals surface area contributed by atoms with Gasteiger partial charge < -0.3 is 5.32 Å². The predicted octanol–water partition coefficient (Wildman–Crippen LogP) is 3.78. The van der Waals surface area contributed by atoms with Crippen molar-refractivity contribution in [3.8, 4) is 5.69 Å². The standard InChI is InChI=1S/C25H26N4O3S/c1-18(2)28-33(31,32)16-21-8-4-3-7-20(21)15-26-25(30)19-11-13-22(14-12-19)29-17-27-23-9-5-6-10-24(23)29/h3-14,17-18,28H,15-16H2,1-2H3,(H,26,30). The highest BCUT2D eigenvalue weighted by Crippen LogP contribution is 2.18. The lowest BCUT2D eigenvalue weighted by Crippen LogP contribution is -2.31. The lowest BCUT2D eigenvalue weighted by Gasteiger charge is -2.13. The molecule has 170 valence electrons. The Labute approximate surface area is 193 Å². The lowest BCUT2D eigenvalue weighted by atomic mass is 10.1. The first-order valence-corrected chi connectivity index (χ1v) is 12.3. The van der Waals surface area contributed by atoms with Crippen molar-refractivity contribution in [2.75, 3.05) is 0 Å². The summed E-state index contributed by atoms with van der Waals surface area (Å²) in [4.78, 5) is 17.1. The average Bonchev–Trinajstić information content (AvgIpc) is 3.21. The molecular formula is C25H26N4O3S. The molecule has 2 N–H and O–H groups in total. The van der Waals surface area contributed by atoms with Gasteiger partial charge in [0.1, 0.15) is 6.33 Å². The Bertz CT molecular complexity index is 1380. The van der Waals surface area contributed by atoms with E-state index in [1.807, 2.05) is 53.1 Å². The maximum absolute atomic E-state index is 12.7. The third-order valence-electron chi connectivity index (χ3n) is 5.18. The van der Waals surface area contributed by atoms with Crippen LogP contribution in [0.5, 0.6) is 0 Å². The molecule has 0 aliphatic rings. The van der Waals surface area contributed by atoms with Gasteiger partial charge in [0.25, 0.3) is 5.91 Å². The fourth-order valence-corrected chi connectivity index (χ4v) is 5.18. The summed E-state index contributed by atoms with van der Waals surface area (Å²) in [7, 11) is -3.46. The van der Waals surface area contributed by atoms with E-state index < -0.39 is 10.0 Å². The van der Waals surface area contributed by atoms with Crippen molar-refractivity contribution in [1.82, 2.24) is 19.6 Å². The molecule has 1 aromatic heterocycles. The van der Waals surface area contributed by atoms with E-state index in [-0.39, 0.29) is 24.2 Å². The molecule has 8 heteroatoms. The third kappa shape index (κ3) is 5.47. The number of benzene rings is 3. The van der Waals surface area contributed by atoms with Crippen LogP contribution in [0.2, 0.25) is 0 Å². The number of carbonyl (C=O) groups is 1. The number of hydrogen-bond donors (Lipinski definition) is 2. The predicted molar refractivity (Wildman–Crippen MR) is 130 cm³/mol. The fourth-order valence-electron chi connectivity index (χ4n) is 3.69. The Kier molecular flexibility index (Phi) is 6.57. The number of aromatic nitrogens is 2. The first-order valence-electron chi connectivity index (χ1n) is 10.7. The van der Waals surface area contributed by atoms with Gasteiger partial charge >= 0.3 is 0 Å². The zero-order chi connectivity index (χ0) is 23.4. The van der Waals surface area contributed by atoms with Crippen LogP contribution in [0.1, 0.15) is 35.3 Å². The second-order valence-electron chi connectivity index (χ2n) is 8.13. The second-order valence-corrected chi connectivity index (χ2v) is 9.89. The minimum atomic E-state index is -3.46. The zero-order valence-corrected chi connectivity index (χ0v) is 19.3. The highest BCUT2D eigenvalue weighted by atomic mass is 32.2. The topological polar surface area (TPSA) is 93.1 Å². The molecule has 4 aromatic rings. The largest absolute Gasteiger partial charge is 0.348 e. The molecule has 7 nitrogen and oxygen atoms in total. The van der Waals surface area contributed by atoms with Gasteiger partial charge in [-0.2, -0.15) is 0 Å². The van der Waals surface area contributed by atoms with E-state index in [1.165, 1.54) is 0 Å². The number of fused-ring (bicyclic) bond motifs is 1. The van der Waals surface area contributed by atoms with Crippen LogP contribution in [-0.2, 0) is 22.3 Å². The summed E-state index contributed by atoms with van der Waals surface area (Å²) >= 11 is 0. The van der Waals surface area contributed by atoms with Crippen LogP contribution in [0, 0.1) is 0 Å². The first-order chi connectivity index (χ1) is 15.8. The van der Waals surface area contributed by atoms with Gasteiger partial charge in [0.15, 0.2) is 0 Å². The second kappa shape index (κ2) is 9.56. The SMILES string of the molecule is CC(C)NS(=O)(=O)Cc1ccccc1CNC(=O)c1ccc(-n2cnc3ccccc32)cc1. The van der Waals surface area contributed by atoms with E-state index in [0.717, 1.165) is 22.3 Å². The molecular weight excluding hydrogens is 436 g/mol. The van der Waals surface area contributed by atoms with Gasteiger partial charge in [0, 0.05) is 23.8 Å². The number of hydrogen-bond acceptors (Lipinski definition) is 4. The zero-order valence-electron chi connectivity index (χ0n) is 18.5. The molecule has 1 heterocycles. The molecule has 0 aliphatic carbocycles. The molecule has 3 aromatic carbocycles. The van der Waals surface area contributed by atoms with Gasteiger partial charge in [-0.3, -0.25) is 9.36 Å². The van der Waals surface area contributed by atoms with Crippen LogP contribution in [0.15, 0.2) is 79.1 Å². The molecule has 0 aliphatic heterocycles. The van der Waals surface area contributed by atoms with Gasteiger partial charge in [0.05, 0.1) is 16.8 Å². The van der Waals surface area contributed by atoms with Crippen LogP contribution in [0.25, 0.3) is 16.7 Å². The number of nitrogens with one attached hydrogen (secondary N) is 2. The van der Waals surface area contributed by atoms with Crippen LogP contribution < -0.4 is 10.0 Å². The van der Waals surface area contributed by atoms with Crippen LogP contribution in [0.4, 0.5) is 0 Å². The van der Waals surface area contributed by atoms with Crippen molar-refractivity contribution in [1.29, 1.82) is 0 Å². The Balaban J connectivity index is 1.45. The van der Waals surface area contributed by atoms with E-state index in [9.17, 15) is 13.2 Å². The first kappa shape index (κ1) is 22.7. The van der Waals surface area contributed by atoms with Crippen LogP contribution >= 0.6 is 0 Å². The number of sulfonamides is 1. The number of carbonyl (C=O) groups excluding carboxylic acids is 1. The minimum Gasteiger partial charge on any atom is -0.348 e. The Morgan fingerprint density at radius 3 is 2.33 bits per heavy atom. The van der Waals surface area contributed by atoms with Crippen molar-refractivity contribution in [3.63, 3.8) is 0 Å². The minimum absolute atomic E-state index is 0.134. The van der Waals surface area contributed by atoms with Crippen molar-refractivity contribution in [2.45, 2.75) is 32.2 Å². The van der Waals surface area contributed by atoms with Crippen LogP contribution in [-0.4, -0.2) is 29.9 Å². The third-order valence-corrected chi connectivity index (χ3v) is 6.70.